The van der Waals surface area contributed by atoms with E-state index in [-0.39, 0.29) is 0 Å². The third kappa shape index (κ3) is 1.75. The van der Waals surface area contributed by atoms with E-state index in [4.69, 9.17) is 5.11 Å². The van der Waals surface area contributed by atoms with Crippen molar-refractivity contribution in [2.45, 2.75) is 12.8 Å². The zero-order valence-corrected chi connectivity index (χ0v) is 8.25. The second kappa shape index (κ2) is 3.75. The second-order valence-electron chi connectivity index (χ2n) is 2.97. The van der Waals surface area contributed by atoms with Gasteiger partial charge in [-0.25, -0.2) is 9.78 Å². The number of allylic oxidation sites excluding steroid dienone is 4. The van der Waals surface area contributed by atoms with Gasteiger partial charge in [-0.15, -0.1) is 11.3 Å². The summed E-state index contributed by atoms with van der Waals surface area (Å²) in [4.78, 5) is 15.0. The van der Waals surface area contributed by atoms with Crippen molar-refractivity contribution in [1.82, 2.24) is 4.98 Å². The molecule has 0 bridgehead atoms. The lowest BCUT2D eigenvalue weighted by Gasteiger charge is -2.01. The molecule has 0 saturated heterocycles. The van der Waals surface area contributed by atoms with Crippen LogP contribution in [0, 0.1) is 0 Å². The largest absolute Gasteiger partial charge is 0.477 e. The minimum atomic E-state index is -0.908. The Hall–Kier alpha value is -1.42. The number of carboxylic acids is 1. The Labute approximate surface area is 85.4 Å². The maximum Gasteiger partial charge on any atom is 0.347 e. The predicted molar refractivity (Wildman–Crippen MR) is 55.4 cm³/mol. The SMILES string of the molecule is O=C(O)c1cnc(C2=CCCC=C2)s1. The van der Waals surface area contributed by atoms with Gasteiger partial charge in [0.05, 0.1) is 6.20 Å². The first-order valence-corrected chi connectivity index (χ1v) is 5.15. The number of hydrogen-bond acceptors (Lipinski definition) is 3. The molecule has 0 spiro atoms. The van der Waals surface area contributed by atoms with Gasteiger partial charge in [-0.2, -0.15) is 0 Å². The molecule has 0 unspecified atom stereocenters. The Morgan fingerprint density at radius 3 is 2.93 bits per heavy atom. The minimum Gasteiger partial charge on any atom is -0.477 e. The summed E-state index contributed by atoms with van der Waals surface area (Å²) in [7, 11) is 0. The van der Waals surface area contributed by atoms with Gasteiger partial charge in [-0.3, -0.25) is 0 Å². The van der Waals surface area contributed by atoms with Crippen LogP contribution in [0.1, 0.15) is 27.5 Å². The van der Waals surface area contributed by atoms with Crippen molar-refractivity contribution in [3.8, 4) is 0 Å². The summed E-state index contributed by atoms with van der Waals surface area (Å²) >= 11 is 1.22. The molecular weight excluding hydrogens is 198 g/mol. The summed E-state index contributed by atoms with van der Waals surface area (Å²) < 4.78 is 0. The molecule has 0 atom stereocenters. The molecule has 1 heterocycles. The van der Waals surface area contributed by atoms with Crippen molar-refractivity contribution >= 4 is 22.9 Å². The molecular formula is C10H9NO2S. The lowest BCUT2D eigenvalue weighted by atomic mass is 10.1. The number of thiazole rings is 1. The highest BCUT2D eigenvalue weighted by Crippen LogP contribution is 2.25. The molecule has 1 aliphatic rings. The lowest BCUT2D eigenvalue weighted by molar-refractivity contribution is 0.0702. The number of hydrogen-bond donors (Lipinski definition) is 1. The molecule has 1 aromatic rings. The average Bonchev–Trinajstić information content (AvgIpc) is 2.68. The monoisotopic (exact) mass is 207 g/mol. The van der Waals surface area contributed by atoms with Gasteiger partial charge in [0.1, 0.15) is 9.88 Å². The van der Waals surface area contributed by atoms with Crippen LogP contribution < -0.4 is 0 Å². The molecule has 0 aliphatic heterocycles. The van der Waals surface area contributed by atoms with Crippen molar-refractivity contribution in [2.75, 3.05) is 0 Å². The molecule has 14 heavy (non-hydrogen) atoms. The number of aromatic nitrogens is 1. The van der Waals surface area contributed by atoms with Crippen LogP contribution in [-0.4, -0.2) is 16.1 Å². The predicted octanol–water partition coefficient (Wildman–Crippen LogP) is 2.57. The Kier molecular flexibility index (Phi) is 2.45. The topological polar surface area (TPSA) is 50.2 Å². The van der Waals surface area contributed by atoms with Crippen LogP contribution in [-0.2, 0) is 0 Å². The normalized spacial score (nSPS) is 15.3. The average molecular weight is 207 g/mol. The number of carbonyl (C=O) groups is 1. The van der Waals surface area contributed by atoms with E-state index in [0.29, 0.717) is 4.88 Å². The first kappa shape index (κ1) is 9.15. The maximum atomic E-state index is 10.6. The van der Waals surface area contributed by atoms with Crippen LogP contribution in [0.5, 0.6) is 0 Å². The van der Waals surface area contributed by atoms with E-state index in [2.05, 4.69) is 17.1 Å². The quantitative estimate of drug-likeness (QED) is 0.810. The fourth-order valence-corrected chi connectivity index (χ4v) is 2.05. The van der Waals surface area contributed by atoms with Crippen molar-refractivity contribution in [1.29, 1.82) is 0 Å². The summed E-state index contributed by atoms with van der Waals surface area (Å²) in [6, 6.07) is 0. The van der Waals surface area contributed by atoms with Gasteiger partial charge in [-0.05, 0) is 12.8 Å². The maximum absolute atomic E-state index is 10.6. The van der Waals surface area contributed by atoms with Crippen LogP contribution in [0.4, 0.5) is 0 Å². The number of rotatable bonds is 2. The Bertz CT molecular complexity index is 418. The van der Waals surface area contributed by atoms with Gasteiger partial charge >= 0.3 is 5.97 Å². The molecule has 0 radical (unpaired) electrons. The van der Waals surface area contributed by atoms with Gasteiger partial charge in [-0.1, -0.05) is 18.2 Å². The summed E-state index contributed by atoms with van der Waals surface area (Å²) in [5.74, 6) is -0.908. The van der Waals surface area contributed by atoms with E-state index >= 15 is 0 Å². The van der Waals surface area contributed by atoms with E-state index in [0.717, 1.165) is 23.4 Å². The third-order valence-corrected chi connectivity index (χ3v) is 2.99. The van der Waals surface area contributed by atoms with Crippen molar-refractivity contribution in [3.05, 3.63) is 34.3 Å². The molecule has 0 aromatic carbocycles. The molecule has 0 amide bonds. The molecule has 1 N–H and O–H groups in total. The standard InChI is InChI=1S/C10H9NO2S/c12-10(13)8-6-11-9(14-8)7-4-2-1-3-5-7/h2,4-6H,1,3H2,(H,12,13). The van der Waals surface area contributed by atoms with Crippen LogP contribution in [0.25, 0.3) is 5.57 Å². The minimum absolute atomic E-state index is 0.292. The highest BCUT2D eigenvalue weighted by molar-refractivity contribution is 7.14. The Morgan fingerprint density at radius 1 is 1.50 bits per heavy atom. The molecule has 1 aliphatic carbocycles. The first-order chi connectivity index (χ1) is 6.77. The van der Waals surface area contributed by atoms with E-state index in [9.17, 15) is 4.79 Å². The molecule has 2 rings (SSSR count). The molecule has 0 saturated carbocycles. The smallest absolute Gasteiger partial charge is 0.347 e. The first-order valence-electron chi connectivity index (χ1n) is 4.33. The lowest BCUT2D eigenvalue weighted by Crippen LogP contribution is -1.89. The number of carboxylic acid groups (broad SMARTS) is 1. The third-order valence-electron chi connectivity index (χ3n) is 1.96. The van der Waals surface area contributed by atoms with Gasteiger partial charge in [0.15, 0.2) is 0 Å². The van der Waals surface area contributed by atoms with Crippen molar-refractivity contribution < 1.29 is 9.90 Å². The zero-order chi connectivity index (χ0) is 9.97. The van der Waals surface area contributed by atoms with Crippen LogP contribution in [0.15, 0.2) is 24.4 Å². The van der Waals surface area contributed by atoms with E-state index in [1.54, 1.807) is 0 Å². The van der Waals surface area contributed by atoms with E-state index in [1.165, 1.54) is 17.5 Å². The molecule has 4 heteroatoms. The van der Waals surface area contributed by atoms with E-state index in [1.807, 2.05) is 6.08 Å². The van der Waals surface area contributed by atoms with Crippen molar-refractivity contribution in [2.24, 2.45) is 0 Å². The Morgan fingerprint density at radius 2 is 2.36 bits per heavy atom. The highest BCUT2D eigenvalue weighted by atomic mass is 32.1. The van der Waals surface area contributed by atoms with Crippen LogP contribution >= 0.6 is 11.3 Å². The summed E-state index contributed by atoms with van der Waals surface area (Å²) in [5.41, 5.74) is 1.04. The van der Waals surface area contributed by atoms with Gasteiger partial charge in [0.2, 0.25) is 0 Å². The number of aromatic carboxylic acids is 1. The van der Waals surface area contributed by atoms with Gasteiger partial charge in [0, 0.05) is 5.57 Å². The highest BCUT2D eigenvalue weighted by Gasteiger charge is 2.10. The Balaban J connectivity index is 2.28. The van der Waals surface area contributed by atoms with Crippen LogP contribution in [0.2, 0.25) is 0 Å². The van der Waals surface area contributed by atoms with Crippen molar-refractivity contribution in [3.63, 3.8) is 0 Å². The van der Waals surface area contributed by atoms with Gasteiger partial charge in [0.25, 0.3) is 0 Å². The summed E-state index contributed by atoms with van der Waals surface area (Å²) in [5, 5.41) is 9.52. The van der Waals surface area contributed by atoms with Gasteiger partial charge < -0.3 is 5.11 Å². The number of nitrogens with zero attached hydrogens (tertiary/aromatic N) is 1. The zero-order valence-electron chi connectivity index (χ0n) is 7.43. The fraction of sp³-hybridized carbons (Fsp3) is 0.200. The molecule has 1 aromatic heterocycles. The van der Waals surface area contributed by atoms with Crippen LogP contribution in [0.3, 0.4) is 0 Å². The van der Waals surface area contributed by atoms with E-state index < -0.39 is 5.97 Å². The molecule has 72 valence electrons. The molecule has 3 nitrogen and oxygen atoms in total. The fourth-order valence-electron chi connectivity index (χ4n) is 1.28. The second-order valence-corrected chi connectivity index (χ2v) is 4.00. The summed E-state index contributed by atoms with van der Waals surface area (Å²) in [6.45, 7) is 0. The summed E-state index contributed by atoms with van der Waals surface area (Å²) in [6.07, 6.45) is 9.63. The molecule has 0 fully saturated rings.